The van der Waals surface area contributed by atoms with E-state index in [9.17, 15) is 14.7 Å². The van der Waals surface area contributed by atoms with Crippen molar-refractivity contribution in [2.24, 2.45) is 5.41 Å². The summed E-state index contributed by atoms with van der Waals surface area (Å²) in [6.07, 6.45) is 2.94. The fourth-order valence-electron chi connectivity index (χ4n) is 5.04. The number of aryl methyl sites for hydroxylation is 2. The minimum absolute atomic E-state index is 0.0588. The molecular weight excluding hydrogens is 466 g/mol. The number of pyridine rings is 1. The summed E-state index contributed by atoms with van der Waals surface area (Å²) in [7, 11) is 0. The van der Waals surface area contributed by atoms with Crippen molar-refractivity contribution < 1.29 is 19.4 Å². The van der Waals surface area contributed by atoms with Crippen LogP contribution in [0.3, 0.4) is 0 Å². The summed E-state index contributed by atoms with van der Waals surface area (Å²) in [5, 5.41) is 13.3. The van der Waals surface area contributed by atoms with E-state index in [1.165, 1.54) is 0 Å². The summed E-state index contributed by atoms with van der Waals surface area (Å²) in [6.45, 7) is 15.7. The molecule has 2 N–H and O–H groups in total. The molecule has 1 aromatic heterocycles. The summed E-state index contributed by atoms with van der Waals surface area (Å²) in [5.41, 5.74) is 5.00. The molecule has 1 saturated carbocycles. The van der Waals surface area contributed by atoms with E-state index in [0.29, 0.717) is 22.9 Å². The second kappa shape index (κ2) is 10.1. The third-order valence-electron chi connectivity index (χ3n) is 7.32. The average molecular weight is 508 g/mol. The monoisotopic (exact) mass is 507 g/mol. The van der Waals surface area contributed by atoms with Gasteiger partial charge in [-0.2, -0.15) is 0 Å². The Morgan fingerprint density at radius 2 is 1.68 bits per heavy atom. The lowest BCUT2D eigenvalue weighted by Crippen LogP contribution is -2.39. The molecule has 1 aliphatic heterocycles. The van der Waals surface area contributed by atoms with Crippen molar-refractivity contribution in [3.8, 4) is 11.1 Å². The Hall–Kier alpha value is -2.93. The molecule has 2 fully saturated rings. The van der Waals surface area contributed by atoms with Crippen LogP contribution in [-0.2, 0) is 9.53 Å². The minimum atomic E-state index is -1.15. The maximum absolute atomic E-state index is 12.6. The fraction of sp³-hybridized carbons (Fsp3) is 0.567. The Kier molecular flexibility index (Phi) is 7.39. The number of aliphatic carboxylic acids is 1. The average Bonchev–Trinajstić information content (AvgIpc) is 3.61. The number of hydrogen-bond donors (Lipinski definition) is 2. The Morgan fingerprint density at radius 3 is 2.19 bits per heavy atom. The number of nitrogens with zero attached hydrogens (tertiary/aromatic N) is 2. The molecule has 1 atom stereocenters. The van der Waals surface area contributed by atoms with Crippen LogP contribution < -0.4 is 10.2 Å². The van der Waals surface area contributed by atoms with Gasteiger partial charge in [-0.25, -0.2) is 4.79 Å². The van der Waals surface area contributed by atoms with Crippen LogP contribution in [0.5, 0.6) is 0 Å². The van der Waals surface area contributed by atoms with Crippen LogP contribution in [0.25, 0.3) is 11.1 Å². The molecule has 200 valence electrons. The number of carboxylic acids is 1. The first-order chi connectivity index (χ1) is 17.3. The molecule has 0 bridgehead atoms. The molecule has 2 aliphatic rings. The Bertz CT molecular complexity index is 1170. The molecule has 0 spiro atoms. The van der Waals surface area contributed by atoms with Crippen molar-refractivity contribution in [2.45, 2.75) is 91.9 Å². The number of hydrogen-bond acceptors (Lipinski definition) is 5. The summed E-state index contributed by atoms with van der Waals surface area (Å²) in [6, 6.07) is 7.88. The topological polar surface area (TPSA) is 91.8 Å². The molecule has 7 heteroatoms. The third-order valence-corrected chi connectivity index (χ3v) is 7.32. The molecule has 37 heavy (non-hydrogen) atoms. The number of carbonyl (C=O) groups excluding carboxylic acids is 1. The molecule has 1 aliphatic carbocycles. The highest BCUT2D eigenvalue weighted by Crippen LogP contribution is 2.44. The van der Waals surface area contributed by atoms with Crippen LogP contribution in [0.2, 0.25) is 0 Å². The third kappa shape index (κ3) is 6.32. The Labute approximate surface area is 220 Å². The van der Waals surface area contributed by atoms with Crippen molar-refractivity contribution >= 4 is 17.6 Å². The van der Waals surface area contributed by atoms with Crippen molar-refractivity contribution in [1.29, 1.82) is 0 Å². The van der Waals surface area contributed by atoms with Crippen LogP contribution in [0.15, 0.2) is 24.3 Å². The lowest BCUT2D eigenvalue weighted by molar-refractivity contribution is -0.160. The lowest BCUT2D eigenvalue weighted by Gasteiger charge is -2.41. The molecule has 2 heterocycles. The van der Waals surface area contributed by atoms with Gasteiger partial charge in [0.25, 0.3) is 5.91 Å². The van der Waals surface area contributed by atoms with E-state index in [0.717, 1.165) is 61.3 Å². The van der Waals surface area contributed by atoms with Crippen molar-refractivity contribution in [3.63, 3.8) is 0 Å². The SMILES string of the molecule is Cc1nc(C)c(C(OC(C)(C)C)C(=O)O)c(N2CCC(C)(C)CC2)c1-c1ccc(C(=O)NC2CC2)cc1. The van der Waals surface area contributed by atoms with Crippen LogP contribution in [0.1, 0.15) is 93.7 Å². The molecule has 1 amide bonds. The first-order valence-electron chi connectivity index (χ1n) is 13.3. The van der Waals surface area contributed by atoms with E-state index in [-0.39, 0.29) is 11.3 Å². The number of carboxylic acid groups (broad SMARTS) is 1. The maximum atomic E-state index is 12.6. The van der Waals surface area contributed by atoms with Gasteiger partial charge in [-0.05, 0) is 83.4 Å². The van der Waals surface area contributed by atoms with E-state index < -0.39 is 17.7 Å². The van der Waals surface area contributed by atoms with E-state index in [1.54, 1.807) is 0 Å². The number of rotatable bonds is 7. The lowest BCUT2D eigenvalue weighted by atomic mass is 9.81. The van der Waals surface area contributed by atoms with Crippen LogP contribution in [-0.4, -0.2) is 46.7 Å². The number of ether oxygens (including phenoxy) is 1. The van der Waals surface area contributed by atoms with Crippen molar-refractivity contribution in [2.75, 3.05) is 18.0 Å². The van der Waals surface area contributed by atoms with Gasteiger partial charge in [0, 0.05) is 47.2 Å². The predicted octanol–water partition coefficient (Wildman–Crippen LogP) is 5.82. The van der Waals surface area contributed by atoms with Crippen LogP contribution >= 0.6 is 0 Å². The number of nitrogens with one attached hydrogen (secondary N) is 1. The standard InChI is InChI=1S/C30H41N3O4/c1-18-23(20-8-10-21(11-9-20)27(34)32-22-12-13-22)25(33-16-14-30(6,7)15-17-33)24(19(2)31-18)26(28(35)36)37-29(3,4)5/h8-11,22,26H,12-17H2,1-7H3,(H,32,34)(H,35,36). The van der Waals surface area contributed by atoms with Gasteiger partial charge < -0.3 is 20.1 Å². The first kappa shape index (κ1) is 27.1. The molecule has 4 rings (SSSR count). The Balaban J connectivity index is 1.85. The van der Waals surface area contributed by atoms with Gasteiger partial charge >= 0.3 is 5.97 Å². The largest absolute Gasteiger partial charge is 0.479 e. The molecule has 2 aromatic rings. The van der Waals surface area contributed by atoms with E-state index in [4.69, 9.17) is 9.72 Å². The highest BCUT2D eigenvalue weighted by Gasteiger charge is 2.36. The van der Waals surface area contributed by atoms with Gasteiger partial charge in [-0.1, -0.05) is 26.0 Å². The molecule has 1 aromatic carbocycles. The quantitative estimate of drug-likeness (QED) is 0.490. The van der Waals surface area contributed by atoms with E-state index in [2.05, 4.69) is 24.1 Å². The van der Waals surface area contributed by atoms with Gasteiger partial charge in [0.1, 0.15) is 0 Å². The number of carbonyl (C=O) groups is 2. The highest BCUT2D eigenvalue weighted by atomic mass is 16.5. The van der Waals surface area contributed by atoms with Gasteiger partial charge in [-0.15, -0.1) is 0 Å². The second-order valence-corrected chi connectivity index (χ2v) is 12.3. The molecule has 1 unspecified atom stereocenters. The summed E-state index contributed by atoms with van der Waals surface area (Å²) in [5.74, 6) is -1.09. The molecule has 1 saturated heterocycles. The summed E-state index contributed by atoms with van der Waals surface area (Å²) in [4.78, 5) is 32.3. The van der Waals surface area contributed by atoms with Gasteiger partial charge in [0.15, 0.2) is 6.10 Å². The van der Waals surface area contributed by atoms with Crippen molar-refractivity contribution in [1.82, 2.24) is 10.3 Å². The zero-order chi connectivity index (χ0) is 27.1. The zero-order valence-electron chi connectivity index (χ0n) is 23.3. The number of aromatic nitrogens is 1. The molecular formula is C30H41N3O4. The van der Waals surface area contributed by atoms with Gasteiger partial charge in [0.05, 0.1) is 11.3 Å². The maximum Gasteiger partial charge on any atom is 0.337 e. The predicted molar refractivity (Wildman–Crippen MR) is 146 cm³/mol. The zero-order valence-corrected chi connectivity index (χ0v) is 23.3. The number of amides is 1. The van der Waals surface area contributed by atoms with E-state index >= 15 is 0 Å². The van der Waals surface area contributed by atoms with Crippen LogP contribution in [0.4, 0.5) is 5.69 Å². The highest BCUT2D eigenvalue weighted by molar-refractivity contribution is 5.95. The van der Waals surface area contributed by atoms with Crippen molar-refractivity contribution in [3.05, 3.63) is 46.8 Å². The van der Waals surface area contributed by atoms with Crippen LogP contribution in [0, 0.1) is 19.3 Å². The minimum Gasteiger partial charge on any atom is -0.479 e. The number of piperidine rings is 1. The number of benzene rings is 1. The first-order valence-corrected chi connectivity index (χ1v) is 13.3. The smallest absolute Gasteiger partial charge is 0.337 e. The normalized spacial score (nSPS) is 18.4. The summed E-state index contributed by atoms with van der Waals surface area (Å²) >= 11 is 0. The molecule has 7 nitrogen and oxygen atoms in total. The second-order valence-electron chi connectivity index (χ2n) is 12.3. The van der Waals surface area contributed by atoms with Gasteiger partial charge in [-0.3, -0.25) is 9.78 Å². The Morgan fingerprint density at radius 1 is 1.08 bits per heavy atom. The van der Waals surface area contributed by atoms with E-state index in [1.807, 2.05) is 58.9 Å². The fourth-order valence-corrected chi connectivity index (χ4v) is 5.04. The number of anilines is 1. The summed E-state index contributed by atoms with van der Waals surface area (Å²) < 4.78 is 6.14. The molecule has 0 radical (unpaired) electrons. The van der Waals surface area contributed by atoms with Gasteiger partial charge in [0.2, 0.25) is 0 Å².